The van der Waals surface area contributed by atoms with E-state index >= 15 is 0 Å². The van der Waals surface area contributed by atoms with Crippen molar-refractivity contribution in [1.82, 2.24) is 34.4 Å². The minimum atomic E-state index is -0.217. The number of aromatic amines is 1. The third-order valence-corrected chi connectivity index (χ3v) is 6.28. The molecule has 3 N–H and O–H groups in total. The highest BCUT2D eigenvalue weighted by atomic mass is 16.3. The number of hydrogen-bond donors (Lipinski definition) is 3. The number of hydrogen-bond acceptors (Lipinski definition) is 6. The molecule has 1 saturated carbocycles. The summed E-state index contributed by atoms with van der Waals surface area (Å²) in [6.45, 7) is 8.42. The summed E-state index contributed by atoms with van der Waals surface area (Å²) in [6.07, 6.45) is 9.71. The van der Waals surface area contributed by atoms with Crippen molar-refractivity contribution in [3.63, 3.8) is 0 Å². The van der Waals surface area contributed by atoms with Crippen molar-refractivity contribution in [3.05, 3.63) is 60.7 Å². The van der Waals surface area contributed by atoms with Gasteiger partial charge >= 0.3 is 0 Å². The van der Waals surface area contributed by atoms with Gasteiger partial charge < -0.3 is 10.4 Å². The molecule has 32 heavy (non-hydrogen) atoms. The zero-order chi connectivity index (χ0) is 22.1. The first kappa shape index (κ1) is 20.7. The van der Waals surface area contributed by atoms with Gasteiger partial charge in [-0.25, -0.2) is 9.98 Å². The van der Waals surface area contributed by atoms with Gasteiger partial charge in [0.15, 0.2) is 5.82 Å². The molecule has 0 spiro atoms. The highest BCUT2D eigenvalue weighted by Gasteiger charge is 2.29. The van der Waals surface area contributed by atoms with Crippen LogP contribution in [0, 0.1) is 6.92 Å². The Labute approximate surface area is 186 Å². The second-order valence-electron chi connectivity index (χ2n) is 8.62. The van der Waals surface area contributed by atoms with Gasteiger partial charge in [0.2, 0.25) is 5.96 Å². The van der Waals surface area contributed by atoms with Crippen LogP contribution < -0.4 is 5.32 Å². The summed E-state index contributed by atoms with van der Waals surface area (Å²) in [5.41, 5.74) is 2.03. The molecule has 0 bridgehead atoms. The summed E-state index contributed by atoms with van der Waals surface area (Å²) in [5, 5.41) is 24.9. The standard InChI is InChI=1S/C22H29N9O/c1-3-23-22(26-21-10-20(27-28-21)16-5-6-19(32)9-16)30-12-17(25-15(30)2)11-29-13-18(14-29)31-8-4-7-24-31/h3-4,7-8,10,12,16,18-19,32H,1,5-6,9,11,13-14H2,2H3,(H2,23,26,27,28). The number of aromatic nitrogens is 6. The highest BCUT2D eigenvalue weighted by Crippen LogP contribution is 2.34. The molecule has 168 valence electrons. The average molecular weight is 436 g/mol. The first-order valence-corrected chi connectivity index (χ1v) is 11.0. The summed E-state index contributed by atoms with van der Waals surface area (Å²) in [7, 11) is 0. The molecule has 3 aromatic rings. The second-order valence-corrected chi connectivity index (χ2v) is 8.62. The van der Waals surface area contributed by atoms with Gasteiger partial charge in [0.1, 0.15) is 5.82 Å². The molecule has 0 radical (unpaired) electrons. The van der Waals surface area contributed by atoms with E-state index in [0.29, 0.717) is 23.7 Å². The summed E-state index contributed by atoms with van der Waals surface area (Å²) < 4.78 is 3.94. The van der Waals surface area contributed by atoms with E-state index in [1.54, 1.807) is 0 Å². The molecule has 1 saturated heterocycles. The van der Waals surface area contributed by atoms with Crippen molar-refractivity contribution in [1.29, 1.82) is 0 Å². The van der Waals surface area contributed by atoms with Crippen molar-refractivity contribution in [2.75, 3.05) is 18.4 Å². The third-order valence-electron chi connectivity index (χ3n) is 6.28. The predicted octanol–water partition coefficient (Wildman–Crippen LogP) is 2.26. The Hall–Kier alpha value is -3.24. The van der Waals surface area contributed by atoms with Crippen LogP contribution in [0.25, 0.3) is 0 Å². The molecule has 2 fully saturated rings. The topological polar surface area (TPSA) is 112 Å². The molecule has 1 aliphatic carbocycles. The molecule has 10 nitrogen and oxygen atoms in total. The molecule has 0 aromatic carbocycles. The first-order valence-electron chi connectivity index (χ1n) is 11.0. The van der Waals surface area contributed by atoms with Crippen LogP contribution in [0.15, 0.2) is 48.5 Å². The maximum atomic E-state index is 9.81. The molecule has 3 aromatic heterocycles. The SMILES string of the molecule is C=CN=C(Nc1cc(C2CCC(O)C2)[nH]n1)n1cc(CN2CC(n3cccn3)C2)nc1C. The number of aliphatic hydroxyl groups excluding tert-OH is 1. The van der Waals surface area contributed by atoms with Crippen LogP contribution in [-0.2, 0) is 6.54 Å². The monoisotopic (exact) mass is 435 g/mol. The van der Waals surface area contributed by atoms with Crippen molar-refractivity contribution in [2.24, 2.45) is 4.99 Å². The Morgan fingerprint density at radius 3 is 3.00 bits per heavy atom. The number of aliphatic hydroxyl groups is 1. The lowest BCUT2D eigenvalue weighted by Crippen LogP contribution is -2.47. The number of anilines is 1. The van der Waals surface area contributed by atoms with Gasteiger partial charge in [0, 0.05) is 62.1 Å². The molecular formula is C22H29N9O. The maximum absolute atomic E-state index is 9.81. The number of aliphatic imine (C=N–C) groups is 1. The van der Waals surface area contributed by atoms with Gasteiger partial charge in [0.25, 0.3) is 0 Å². The number of aryl methyl sites for hydroxylation is 1. The lowest BCUT2D eigenvalue weighted by molar-refractivity contribution is 0.0897. The average Bonchev–Trinajstić information content (AvgIpc) is 3.52. The fourth-order valence-corrected chi connectivity index (χ4v) is 4.59. The van der Waals surface area contributed by atoms with Crippen LogP contribution in [0.4, 0.5) is 5.82 Å². The maximum Gasteiger partial charge on any atom is 0.214 e. The third kappa shape index (κ3) is 4.23. The van der Waals surface area contributed by atoms with Gasteiger partial charge in [0.05, 0.1) is 17.8 Å². The van der Waals surface area contributed by atoms with Crippen molar-refractivity contribution in [3.8, 4) is 0 Å². The molecular weight excluding hydrogens is 406 g/mol. The van der Waals surface area contributed by atoms with Crippen molar-refractivity contribution >= 4 is 11.8 Å². The van der Waals surface area contributed by atoms with E-state index in [0.717, 1.165) is 56.1 Å². The van der Waals surface area contributed by atoms with Gasteiger partial charge in [-0.1, -0.05) is 6.58 Å². The zero-order valence-corrected chi connectivity index (χ0v) is 18.2. The van der Waals surface area contributed by atoms with E-state index in [-0.39, 0.29) is 6.10 Å². The van der Waals surface area contributed by atoms with Gasteiger partial charge in [-0.3, -0.25) is 19.2 Å². The minimum absolute atomic E-state index is 0.217. The molecule has 2 atom stereocenters. The van der Waals surface area contributed by atoms with E-state index in [2.05, 4.69) is 37.1 Å². The van der Waals surface area contributed by atoms with E-state index in [1.807, 2.05) is 46.9 Å². The van der Waals surface area contributed by atoms with Crippen molar-refractivity contribution in [2.45, 2.75) is 50.8 Å². The van der Waals surface area contributed by atoms with Crippen LogP contribution in [0.1, 0.15) is 48.4 Å². The summed E-state index contributed by atoms with van der Waals surface area (Å²) >= 11 is 0. The Morgan fingerprint density at radius 2 is 2.28 bits per heavy atom. The number of nitrogens with zero attached hydrogens (tertiary/aromatic N) is 7. The lowest BCUT2D eigenvalue weighted by atomic mass is 10.0. The largest absolute Gasteiger partial charge is 0.393 e. The number of H-pyrrole nitrogens is 1. The van der Waals surface area contributed by atoms with Crippen LogP contribution in [0.5, 0.6) is 0 Å². The van der Waals surface area contributed by atoms with Gasteiger partial charge in [-0.15, -0.1) is 0 Å². The molecule has 5 rings (SSSR count). The molecule has 2 aliphatic rings. The Kier molecular flexibility index (Phi) is 5.62. The Morgan fingerprint density at radius 1 is 1.41 bits per heavy atom. The highest BCUT2D eigenvalue weighted by molar-refractivity contribution is 5.95. The van der Waals surface area contributed by atoms with Crippen LogP contribution >= 0.6 is 0 Å². The zero-order valence-electron chi connectivity index (χ0n) is 18.2. The fraction of sp³-hybridized carbons (Fsp3) is 0.455. The molecule has 1 aliphatic heterocycles. The van der Waals surface area contributed by atoms with Crippen LogP contribution in [0.2, 0.25) is 0 Å². The van der Waals surface area contributed by atoms with Crippen LogP contribution in [0.3, 0.4) is 0 Å². The quantitative estimate of drug-likeness (QED) is 0.404. The fourth-order valence-electron chi connectivity index (χ4n) is 4.59. The molecule has 0 amide bonds. The number of imidazole rings is 1. The van der Waals surface area contributed by atoms with Gasteiger partial charge in [-0.05, 0) is 32.3 Å². The first-order chi connectivity index (χ1) is 15.6. The summed E-state index contributed by atoms with van der Waals surface area (Å²) in [6, 6.07) is 4.38. The van der Waals surface area contributed by atoms with E-state index in [4.69, 9.17) is 4.98 Å². The predicted molar refractivity (Wildman–Crippen MR) is 121 cm³/mol. The minimum Gasteiger partial charge on any atom is -0.393 e. The van der Waals surface area contributed by atoms with Crippen LogP contribution in [-0.4, -0.2) is 64.7 Å². The van der Waals surface area contributed by atoms with Gasteiger partial charge in [-0.2, -0.15) is 10.2 Å². The normalized spacial score (nSPS) is 22.2. The second kappa shape index (κ2) is 8.71. The van der Waals surface area contributed by atoms with E-state index in [1.165, 1.54) is 6.20 Å². The number of likely N-dealkylation sites (tertiary alicyclic amines) is 1. The summed E-state index contributed by atoms with van der Waals surface area (Å²) in [4.78, 5) is 11.5. The number of nitrogens with one attached hydrogen (secondary N) is 2. The molecule has 4 heterocycles. The lowest BCUT2D eigenvalue weighted by Gasteiger charge is -2.38. The molecule has 10 heteroatoms. The van der Waals surface area contributed by atoms with Crippen molar-refractivity contribution < 1.29 is 5.11 Å². The number of rotatable bonds is 6. The van der Waals surface area contributed by atoms with E-state index in [9.17, 15) is 5.11 Å². The Balaban J connectivity index is 1.24. The smallest absolute Gasteiger partial charge is 0.214 e. The summed E-state index contributed by atoms with van der Waals surface area (Å²) in [5.74, 6) is 2.43. The van der Waals surface area contributed by atoms with E-state index < -0.39 is 0 Å². The molecule has 2 unspecified atom stereocenters. The Bertz CT molecular complexity index is 1090.